The first kappa shape index (κ1) is 18.1. The zero-order valence-corrected chi connectivity index (χ0v) is 16.0. The predicted octanol–water partition coefficient (Wildman–Crippen LogP) is 1.80. The Balaban J connectivity index is 1.35. The number of amides is 1. The summed E-state index contributed by atoms with van der Waals surface area (Å²) < 4.78 is 6.91. The second kappa shape index (κ2) is 7.79. The minimum Gasteiger partial charge on any atom is -0.353 e. The first-order chi connectivity index (χ1) is 13.6. The Morgan fingerprint density at radius 3 is 2.64 bits per heavy atom. The maximum Gasteiger partial charge on any atom is 0.244 e. The lowest BCUT2D eigenvalue weighted by Crippen LogP contribution is -2.49. The Hall–Kier alpha value is -3.23. The summed E-state index contributed by atoms with van der Waals surface area (Å²) in [6, 6.07) is 5.73. The van der Waals surface area contributed by atoms with Gasteiger partial charge >= 0.3 is 0 Å². The lowest BCUT2D eigenvalue weighted by Gasteiger charge is -2.35. The summed E-state index contributed by atoms with van der Waals surface area (Å²) in [4.78, 5) is 25.4. The Kier molecular flexibility index (Phi) is 5.05. The van der Waals surface area contributed by atoms with E-state index in [0.29, 0.717) is 24.8 Å². The molecule has 9 nitrogen and oxygen atoms in total. The summed E-state index contributed by atoms with van der Waals surface area (Å²) in [6.07, 6.45) is 5.24. The highest BCUT2D eigenvalue weighted by molar-refractivity contribution is 5.76. The molecule has 0 aliphatic carbocycles. The van der Waals surface area contributed by atoms with Crippen LogP contribution in [0.4, 0.5) is 5.82 Å². The van der Waals surface area contributed by atoms with E-state index in [1.165, 1.54) is 0 Å². The molecule has 0 bridgehead atoms. The van der Waals surface area contributed by atoms with E-state index in [1.54, 1.807) is 23.3 Å². The fourth-order valence-corrected chi connectivity index (χ4v) is 3.11. The number of piperazine rings is 1. The highest BCUT2D eigenvalue weighted by atomic mass is 16.5. The average molecular weight is 381 g/mol. The summed E-state index contributed by atoms with van der Waals surface area (Å²) in [5, 5.41) is 8.11. The molecule has 1 amide bonds. The van der Waals surface area contributed by atoms with Gasteiger partial charge in [-0.25, -0.2) is 4.98 Å². The molecule has 1 saturated heterocycles. The quantitative estimate of drug-likeness (QED) is 0.665. The van der Waals surface area contributed by atoms with Crippen molar-refractivity contribution in [2.24, 2.45) is 0 Å². The topological polar surface area (TPSA) is 93.2 Å². The van der Waals surface area contributed by atoms with Gasteiger partial charge in [0.15, 0.2) is 0 Å². The van der Waals surface area contributed by atoms with Crippen molar-refractivity contribution < 1.29 is 9.32 Å². The molecule has 146 valence electrons. The van der Waals surface area contributed by atoms with Crippen LogP contribution in [0.15, 0.2) is 41.3 Å². The molecule has 0 N–H and O–H groups in total. The van der Waals surface area contributed by atoms with Gasteiger partial charge in [-0.05, 0) is 18.2 Å². The Morgan fingerprint density at radius 2 is 2.04 bits per heavy atom. The van der Waals surface area contributed by atoms with Crippen LogP contribution in [0.3, 0.4) is 0 Å². The molecule has 3 aromatic rings. The van der Waals surface area contributed by atoms with Crippen molar-refractivity contribution in [3.63, 3.8) is 0 Å². The van der Waals surface area contributed by atoms with Crippen LogP contribution in [-0.4, -0.2) is 61.9 Å². The fourth-order valence-electron chi connectivity index (χ4n) is 3.11. The first-order valence-corrected chi connectivity index (χ1v) is 9.40. The van der Waals surface area contributed by atoms with Crippen molar-refractivity contribution in [1.29, 1.82) is 0 Å². The van der Waals surface area contributed by atoms with Gasteiger partial charge in [0.1, 0.15) is 12.4 Å². The summed E-state index contributed by atoms with van der Waals surface area (Å²) in [6.45, 7) is 7.14. The van der Waals surface area contributed by atoms with Gasteiger partial charge in [0.2, 0.25) is 17.6 Å². The van der Waals surface area contributed by atoms with Gasteiger partial charge in [0.25, 0.3) is 0 Å². The third-order valence-corrected chi connectivity index (χ3v) is 4.75. The molecule has 0 spiro atoms. The second-order valence-corrected chi connectivity index (χ2v) is 7.09. The minimum atomic E-state index is 0.0877. The molecule has 3 aromatic heterocycles. The van der Waals surface area contributed by atoms with Crippen molar-refractivity contribution >= 4 is 11.7 Å². The van der Waals surface area contributed by atoms with Crippen molar-refractivity contribution in [2.45, 2.75) is 26.3 Å². The molecule has 4 rings (SSSR count). The molecule has 0 aromatic carbocycles. The van der Waals surface area contributed by atoms with E-state index in [-0.39, 0.29) is 18.4 Å². The molecule has 4 heterocycles. The van der Waals surface area contributed by atoms with Gasteiger partial charge in [-0.15, -0.1) is 0 Å². The highest BCUT2D eigenvalue weighted by Crippen LogP contribution is 2.21. The lowest BCUT2D eigenvalue weighted by molar-refractivity contribution is -0.132. The molecule has 9 heteroatoms. The number of pyridine rings is 1. The van der Waals surface area contributed by atoms with Crippen molar-refractivity contribution in [3.8, 4) is 11.4 Å². The number of nitrogens with zero attached hydrogens (tertiary/aromatic N) is 7. The van der Waals surface area contributed by atoms with Crippen LogP contribution in [0.25, 0.3) is 11.4 Å². The van der Waals surface area contributed by atoms with E-state index < -0.39 is 0 Å². The van der Waals surface area contributed by atoms with Crippen LogP contribution in [0, 0.1) is 0 Å². The van der Waals surface area contributed by atoms with Crippen LogP contribution < -0.4 is 4.90 Å². The lowest BCUT2D eigenvalue weighted by atomic mass is 10.2. The van der Waals surface area contributed by atoms with Gasteiger partial charge in [-0.1, -0.05) is 19.0 Å². The molecule has 0 atom stereocenters. The first-order valence-electron chi connectivity index (χ1n) is 9.40. The molecule has 1 aliphatic rings. The summed E-state index contributed by atoms with van der Waals surface area (Å²) in [5.74, 6) is 2.34. The Bertz CT molecular complexity index is 910. The maximum absolute atomic E-state index is 12.4. The van der Waals surface area contributed by atoms with E-state index in [4.69, 9.17) is 4.52 Å². The van der Waals surface area contributed by atoms with Crippen molar-refractivity contribution in [3.05, 3.63) is 42.7 Å². The van der Waals surface area contributed by atoms with E-state index in [1.807, 2.05) is 36.9 Å². The Morgan fingerprint density at radius 1 is 1.21 bits per heavy atom. The number of rotatable bonds is 5. The standard InChI is InChI=1S/C19H23N7O2/c1-14(2)19-22-18(23-28-19)15-4-5-16(20-12-15)24-8-10-25(11-9-24)17(27)13-26-7-3-6-21-26/h3-7,12,14H,8-11,13H2,1-2H3. The zero-order chi connectivity index (χ0) is 19.5. The molecule has 0 unspecified atom stereocenters. The van der Waals surface area contributed by atoms with Gasteiger partial charge in [0, 0.05) is 56.3 Å². The van der Waals surface area contributed by atoms with Crippen LogP contribution in [0.1, 0.15) is 25.7 Å². The molecule has 1 aliphatic heterocycles. The molecule has 28 heavy (non-hydrogen) atoms. The van der Waals surface area contributed by atoms with E-state index in [9.17, 15) is 4.79 Å². The molecule has 1 fully saturated rings. The number of carbonyl (C=O) groups excluding carboxylic acids is 1. The van der Waals surface area contributed by atoms with Crippen molar-refractivity contribution in [2.75, 3.05) is 31.1 Å². The number of aromatic nitrogens is 5. The minimum absolute atomic E-state index is 0.0877. The highest BCUT2D eigenvalue weighted by Gasteiger charge is 2.22. The Labute approximate surface area is 163 Å². The van der Waals surface area contributed by atoms with Crippen LogP contribution >= 0.6 is 0 Å². The smallest absolute Gasteiger partial charge is 0.244 e. The summed E-state index contributed by atoms with van der Waals surface area (Å²) in [7, 11) is 0. The van der Waals surface area contributed by atoms with Crippen LogP contribution in [0.5, 0.6) is 0 Å². The van der Waals surface area contributed by atoms with Gasteiger partial charge in [-0.3, -0.25) is 9.48 Å². The third kappa shape index (κ3) is 3.88. The van der Waals surface area contributed by atoms with Crippen molar-refractivity contribution in [1.82, 2.24) is 29.8 Å². The van der Waals surface area contributed by atoms with E-state index in [0.717, 1.165) is 24.5 Å². The van der Waals surface area contributed by atoms with Crippen LogP contribution in [-0.2, 0) is 11.3 Å². The molecular formula is C19H23N7O2. The van der Waals surface area contributed by atoms with E-state index in [2.05, 4.69) is 25.1 Å². The average Bonchev–Trinajstić information content (AvgIpc) is 3.40. The number of hydrogen-bond donors (Lipinski definition) is 0. The number of anilines is 1. The van der Waals surface area contributed by atoms with Gasteiger partial charge in [-0.2, -0.15) is 10.1 Å². The summed E-state index contributed by atoms with van der Waals surface area (Å²) >= 11 is 0. The monoisotopic (exact) mass is 381 g/mol. The number of carbonyl (C=O) groups is 1. The van der Waals surface area contributed by atoms with E-state index >= 15 is 0 Å². The predicted molar refractivity (Wildman–Crippen MR) is 103 cm³/mol. The zero-order valence-electron chi connectivity index (χ0n) is 16.0. The SMILES string of the molecule is CC(C)c1nc(-c2ccc(N3CCN(C(=O)Cn4cccn4)CC3)nc2)no1. The summed E-state index contributed by atoms with van der Waals surface area (Å²) in [5.41, 5.74) is 0.826. The largest absolute Gasteiger partial charge is 0.353 e. The van der Waals surface area contributed by atoms with Gasteiger partial charge < -0.3 is 14.3 Å². The number of hydrogen-bond acceptors (Lipinski definition) is 7. The van der Waals surface area contributed by atoms with Gasteiger partial charge in [0.05, 0.1) is 0 Å². The molecular weight excluding hydrogens is 358 g/mol. The normalized spacial score (nSPS) is 14.7. The second-order valence-electron chi connectivity index (χ2n) is 7.09. The molecule has 0 radical (unpaired) electrons. The maximum atomic E-state index is 12.4. The fraction of sp³-hybridized carbons (Fsp3) is 0.421. The molecule has 0 saturated carbocycles. The third-order valence-electron chi connectivity index (χ3n) is 4.75. The van der Waals surface area contributed by atoms with Crippen LogP contribution in [0.2, 0.25) is 0 Å².